The lowest BCUT2D eigenvalue weighted by Crippen LogP contribution is -2.03. The number of para-hydroxylation sites is 4. The Kier molecular flexibility index (Phi) is 7.78. The Morgan fingerprint density at radius 2 is 0.883 bits per heavy atom. The van der Waals surface area contributed by atoms with Crippen LogP contribution in [0.3, 0.4) is 0 Å². The van der Waals surface area contributed by atoms with E-state index < -0.39 is 0 Å². The largest absolute Gasteiger partial charge is 0.309 e. The molecule has 60 heavy (non-hydrogen) atoms. The van der Waals surface area contributed by atoms with Crippen LogP contribution in [0.1, 0.15) is 0 Å². The maximum atomic E-state index is 5.40. The van der Waals surface area contributed by atoms with Crippen LogP contribution in [0.25, 0.3) is 111 Å². The van der Waals surface area contributed by atoms with E-state index in [-0.39, 0.29) is 0 Å². The van der Waals surface area contributed by atoms with E-state index in [4.69, 9.17) is 15.0 Å². The third-order valence-electron chi connectivity index (χ3n) is 11.8. The normalized spacial score (nSPS) is 11.7. The first kappa shape index (κ1) is 33.9. The predicted octanol–water partition coefficient (Wildman–Crippen LogP) is 13.9. The molecule has 0 saturated carbocycles. The van der Waals surface area contributed by atoms with E-state index in [1.165, 1.54) is 21.8 Å². The van der Waals surface area contributed by atoms with Gasteiger partial charge in [0.25, 0.3) is 0 Å². The lowest BCUT2D eigenvalue weighted by atomic mass is 10.0. The highest BCUT2D eigenvalue weighted by Crippen LogP contribution is 2.39. The molecule has 0 amide bonds. The van der Waals surface area contributed by atoms with Crippen LogP contribution in [-0.4, -0.2) is 24.1 Å². The van der Waals surface area contributed by atoms with Gasteiger partial charge in [0.2, 0.25) is 5.95 Å². The summed E-state index contributed by atoms with van der Waals surface area (Å²) in [5.41, 5.74) is 15.0. The van der Waals surface area contributed by atoms with Crippen molar-refractivity contribution in [1.29, 1.82) is 0 Å². The van der Waals surface area contributed by atoms with Gasteiger partial charge in [-0.05, 0) is 71.3 Å². The van der Waals surface area contributed by atoms with Crippen molar-refractivity contribution in [3.05, 3.63) is 212 Å². The van der Waals surface area contributed by atoms with Crippen molar-refractivity contribution in [1.82, 2.24) is 24.1 Å². The van der Waals surface area contributed by atoms with Crippen molar-refractivity contribution in [3.63, 3.8) is 0 Å². The Balaban J connectivity index is 0.987. The maximum absolute atomic E-state index is 5.40. The van der Waals surface area contributed by atoms with Crippen LogP contribution in [-0.2, 0) is 0 Å². The zero-order valence-electron chi connectivity index (χ0n) is 32.4. The fourth-order valence-electron chi connectivity index (χ4n) is 8.92. The summed E-state index contributed by atoms with van der Waals surface area (Å²) in [7, 11) is 0. The summed E-state index contributed by atoms with van der Waals surface area (Å²) in [4.78, 5) is 15.5. The van der Waals surface area contributed by atoms with Gasteiger partial charge >= 0.3 is 0 Å². The summed E-state index contributed by atoms with van der Waals surface area (Å²) in [6.45, 7) is 0. The minimum absolute atomic E-state index is 0.635. The molecule has 0 spiro atoms. The SMILES string of the molecule is c1ccc(-c2ccc(-c3ccc(-c4nc(-n5c6ccccc6c6ccc(-c7ccc8c(c7)c7ccccc7n8-c7ccccc7)cc65)nc5ccccc45)cc3)nc2)cc1. The molecule has 8 aromatic carbocycles. The van der Waals surface area contributed by atoms with Crippen LogP contribution < -0.4 is 0 Å². The number of benzene rings is 8. The lowest BCUT2D eigenvalue weighted by Gasteiger charge is -2.13. The molecule has 5 heteroatoms. The number of hydrogen-bond donors (Lipinski definition) is 0. The highest BCUT2D eigenvalue weighted by atomic mass is 15.2. The molecule has 0 N–H and O–H groups in total. The number of hydrogen-bond acceptors (Lipinski definition) is 3. The van der Waals surface area contributed by atoms with Crippen molar-refractivity contribution < 1.29 is 0 Å². The molecule has 4 heterocycles. The molecule has 0 atom stereocenters. The highest BCUT2D eigenvalue weighted by molar-refractivity contribution is 6.12. The second-order valence-electron chi connectivity index (χ2n) is 15.3. The second kappa shape index (κ2) is 13.8. The Bertz CT molecular complexity index is 3570. The van der Waals surface area contributed by atoms with E-state index in [0.717, 1.165) is 83.2 Å². The van der Waals surface area contributed by atoms with Gasteiger partial charge in [-0.3, -0.25) is 9.55 Å². The van der Waals surface area contributed by atoms with Gasteiger partial charge < -0.3 is 4.57 Å². The monoisotopic (exact) mass is 765 g/mol. The summed E-state index contributed by atoms with van der Waals surface area (Å²) in [5.74, 6) is 0.635. The summed E-state index contributed by atoms with van der Waals surface area (Å²) in [6, 6.07) is 72.9. The molecule has 4 aromatic heterocycles. The van der Waals surface area contributed by atoms with Gasteiger partial charge in [0, 0.05) is 55.5 Å². The Hall–Kier alpha value is -8.15. The second-order valence-corrected chi connectivity index (χ2v) is 15.3. The van der Waals surface area contributed by atoms with Crippen molar-refractivity contribution in [2.45, 2.75) is 0 Å². The first-order valence-corrected chi connectivity index (χ1v) is 20.3. The number of nitrogens with zero attached hydrogens (tertiary/aromatic N) is 5. The zero-order valence-corrected chi connectivity index (χ0v) is 32.4. The third-order valence-corrected chi connectivity index (χ3v) is 11.8. The van der Waals surface area contributed by atoms with Crippen LogP contribution in [0.4, 0.5) is 0 Å². The van der Waals surface area contributed by atoms with Crippen LogP contribution in [0, 0.1) is 0 Å². The van der Waals surface area contributed by atoms with E-state index in [9.17, 15) is 0 Å². The maximum Gasteiger partial charge on any atom is 0.235 e. The van der Waals surface area contributed by atoms with Gasteiger partial charge in [-0.25, -0.2) is 9.97 Å². The van der Waals surface area contributed by atoms with E-state index in [1.807, 2.05) is 18.3 Å². The first-order valence-electron chi connectivity index (χ1n) is 20.3. The van der Waals surface area contributed by atoms with E-state index in [0.29, 0.717) is 5.95 Å². The van der Waals surface area contributed by atoms with Crippen LogP contribution in [0.15, 0.2) is 212 Å². The van der Waals surface area contributed by atoms with Crippen LogP contribution >= 0.6 is 0 Å². The number of rotatable bonds is 6. The molecule has 0 radical (unpaired) electrons. The van der Waals surface area contributed by atoms with Gasteiger partial charge in [-0.1, -0.05) is 152 Å². The standard InChI is InChI=1S/C55H35N5/c1-3-13-36(14-4-1)41-28-31-48(56-35-41)37-23-25-38(26-24-37)54-46-19-7-10-20-49(46)57-55(58-54)60-51-22-12-8-17-43(51)45-30-27-40(34-53(45)60)39-29-32-52-47(33-39)44-18-9-11-21-50(44)59(52)42-15-5-2-6-16-42/h1-35H. The molecule has 0 fully saturated rings. The average Bonchev–Trinajstić information content (AvgIpc) is 3.84. The summed E-state index contributed by atoms with van der Waals surface area (Å²) in [5, 5.41) is 5.78. The fourth-order valence-corrected chi connectivity index (χ4v) is 8.92. The smallest absolute Gasteiger partial charge is 0.235 e. The van der Waals surface area contributed by atoms with E-state index in [2.05, 4.69) is 203 Å². The Morgan fingerprint density at radius 3 is 1.65 bits per heavy atom. The molecule has 0 aliphatic heterocycles. The molecule has 280 valence electrons. The number of aromatic nitrogens is 5. The minimum atomic E-state index is 0.635. The predicted molar refractivity (Wildman–Crippen MR) is 248 cm³/mol. The zero-order chi connectivity index (χ0) is 39.6. The minimum Gasteiger partial charge on any atom is -0.309 e. The molecule has 0 aliphatic carbocycles. The van der Waals surface area contributed by atoms with E-state index in [1.54, 1.807) is 0 Å². The van der Waals surface area contributed by atoms with E-state index >= 15 is 0 Å². The van der Waals surface area contributed by atoms with Crippen LogP contribution in [0.5, 0.6) is 0 Å². The van der Waals surface area contributed by atoms with Gasteiger partial charge in [-0.2, -0.15) is 0 Å². The number of pyridine rings is 1. The molecule has 0 unspecified atom stereocenters. The van der Waals surface area contributed by atoms with Crippen molar-refractivity contribution in [2.75, 3.05) is 0 Å². The molecule has 12 rings (SSSR count). The highest BCUT2D eigenvalue weighted by Gasteiger charge is 2.19. The molecular formula is C55H35N5. The summed E-state index contributed by atoms with van der Waals surface area (Å²) in [6.07, 6.45) is 1.95. The van der Waals surface area contributed by atoms with Crippen molar-refractivity contribution in [2.24, 2.45) is 0 Å². The third kappa shape index (κ3) is 5.52. The molecule has 0 bridgehead atoms. The topological polar surface area (TPSA) is 48.5 Å². The van der Waals surface area contributed by atoms with Crippen molar-refractivity contribution in [3.8, 4) is 56.4 Å². The number of fused-ring (bicyclic) bond motifs is 7. The Labute approximate surface area is 346 Å². The quantitative estimate of drug-likeness (QED) is 0.169. The van der Waals surface area contributed by atoms with Gasteiger partial charge in [0.05, 0.1) is 39.0 Å². The molecular weight excluding hydrogens is 731 g/mol. The Morgan fingerprint density at radius 1 is 0.317 bits per heavy atom. The summed E-state index contributed by atoms with van der Waals surface area (Å²) < 4.78 is 4.59. The molecule has 0 saturated heterocycles. The van der Waals surface area contributed by atoms with Crippen LogP contribution in [0.2, 0.25) is 0 Å². The molecule has 5 nitrogen and oxygen atoms in total. The van der Waals surface area contributed by atoms with Gasteiger partial charge in [0.1, 0.15) is 0 Å². The summed E-state index contributed by atoms with van der Waals surface area (Å²) >= 11 is 0. The fraction of sp³-hybridized carbons (Fsp3) is 0. The first-order chi connectivity index (χ1) is 29.7. The van der Waals surface area contributed by atoms with Gasteiger partial charge in [0.15, 0.2) is 0 Å². The van der Waals surface area contributed by atoms with Gasteiger partial charge in [-0.15, -0.1) is 0 Å². The average molecular weight is 766 g/mol. The molecule has 12 aromatic rings. The lowest BCUT2D eigenvalue weighted by molar-refractivity contribution is 1.01. The molecule has 0 aliphatic rings. The van der Waals surface area contributed by atoms with Crippen molar-refractivity contribution >= 4 is 54.5 Å².